The van der Waals surface area contributed by atoms with Gasteiger partial charge in [0.25, 0.3) is 0 Å². The van der Waals surface area contributed by atoms with Crippen LogP contribution in [0.1, 0.15) is 52.9 Å². The zero-order valence-corrected chi connectivity index (χ0v) is 14.4. The van der Waals surface area contributed by atoms with Gasteiger partial charge >= 0.3 is 0 Å². The van der Waals surface area contributed by atoms with Crippen LogP contribution >= 0.6 is 0 Å². The lowest BCUT2D eigenvalue weighted by Crippen LogP contribution is -2.39. The van der Waals surface area contributed by atoms with E-state index in [2.05, 4.69) is 31.4 Å². The molecular weight excluding hydrogens is 260 g/mol. The fourth-order valence-electron chi connectivity index (χ4n) is 3.39. The monoisotopic (exact) mass is 298 g/mol. The molecule has 6 N–H and O–H groups in total. The largest absolute Gasteiger partial charge is 0.330 e. The third kappa shape index (κ3) is 7.09. The van der Waals surface area contributed by atoms with Crippen molar-refractivity contribution in [1.82, 2.24) is 10.6 Å². The molecule has 0 aromatic carbocycles. The standard InChI is InChI=1S/C17H38N4/c1-4-14(3)17(6-5-7-18)21-11-13(2)8-16-9-15(10-19)12-20-16/h13-17,20-21H,4-12,18-19H2,1-3H3/t13?,14?,15-,16-,17+/m1/s1. The number of nitrogens with one attached hydrogen (secondary N) is 2. The molecule has 0 bridgehead atoms. The second kappa shape index (κ2) is 10.5. The fraction of sp³-hybridized carbons (Fsp3) is 1.00. The molecule has 1 saturated heterocycles. The Morgan fingerprint density at radius 2 is 2.05 bits per heavy atom. The summed E-state index contributed by atoms with van der Waals surface area (Å²) in [5, 5.41) is 7.42. The van der Waals surface area contributed by atoms with Gasteiger partial charge in [0.15, 0.2) is 0 Å². The summed E-state index contributed by atoms with van der Waals surface area (Å²) in [6.07, 6.45) is 6.07. The second-order valence-corrected chi connectivity index (χ2v) is 7.11. The predicted octanol–water partition coefficient (Wildman–Crippen LogP) is 1.69. The second-order valence-electron chi connectivity index (χ2n) is 7.11. The molecule has 5 atom stereocenters. The van der Waals surface area contributed by atoms with Crippen LogP contribution in [0.3, 0.4) is 0 Å². The number of hydrogen-bond donors (Lipinski definition) is 4. The summed E-state index contributed by atoms with van der Waals surface area (Å²) in [5.74, 6) is 2.13. The van der Waals surface area contributed by atoms with Gasteiger partial charge in [-0.1, -0.05) is 27.2 Å². The lowest BCUT2D eigenvalue weighted by atomic mass is 9.93. The van der Waals surface area contributed by atoms with E-state index in [-0.39, 0.29) is 0 Å². The zero-order chi connectivity index (χ0) is 15.7. The van der Waals surface area contributed by atoms with E-state index in [0.717, 1.165) is 38.5 Å². The molecular formula is C17H38N4. The Bertz CT molecular complexity index is 259. The highest BCUT2D eigenvalue weighted by Crippen LogP contribution is 2.19. The molecule has 2 unspecified atom stereocenters. The number of nitrogens with two attached hydrogens (primary N) is 2. The van der Waals surface area contributed by atoms with E-state index >= 15 is 0 Å². The van der Waals surface area contributed by atoms with Crippen molar-refractivity contribution in [3.8, 4) is 0 Å². The van der Waals surface area contributed by atoms with Crippen LogP contribution in [0.5, 0.6) is 0 Å². The summed E-state index contributed by atoms with van der Waals surface area (Å²) in [5.41, 5.74) is 11.4. The molecule has 0 spiro atoms. The van der Waals surface area contributed by atoms with E-state index in [1.54, 1.807) is 0 Å². The smallest absolute Gasteiger partial charge is 0.00931 e. The van der Waals surface area contributed by atoms with Crippen molar-refractivity contribution >= 4 is 0 Å². The average molecular weight is 299 g/mol. The summed E-state index contributed by atoms with van der Waals surface area (Å²) in [7, 11) is 0. The Morgan fingerprint density at radius 3 is 2.62 bits per heavy atom. The van der Waals surface area contributed by atoms with Gasteiger partial charge in [-0.05, 0) is 69.6 Å². The maximum Gasteiger partial charge on any atom is 0.00931 e. The predicted molar refractivity (Wildman–Crippen MR) is 92.3 cm³/mol. The molecule has 1 heterocycles. The maximum atomic E-state index is 5.76. The van der Waals surface area contributed by atoms with Crippen LogP contribution in [-0.4, -0.2) is 38.3 Å². The first-order valence-electron chi connectivity index (χ1n) is 8.97. The van der Waals surface area contributed by atoms with Gasteiger partial charge in [-0.2, -0.15) is 0 Å². The van der Waals surface area contributed by atoms with Crippen LogP contribution in [0.15, 0.2) is 0 Å². The third-order valence-electron chi connectivity index (χ3n) is 5.11. The Morgan fingerprint density at radius 1 is 1.29 bits per heavy atom. The number of hydrogen-bond acceptors (Lipinski definition) is 4. The topological polar surface area (TPSA) is 76.1 Å². The van der Waals surface area contributed by atoms with Gasteiger partial charge in [-0.3, -0.25) is 0 Å². The maximum absolute atomic E-state index is 5.76. The molecule has 1 aliphatic rings. The van der Waals surface area contributed by atoms with Gasteiger partial charge in [-0.15, -0.1) is 0 Å². The molecule has 126 valence electrons. The minimum absolute atomic E-state index is 0.620. The lowest BCUT2D eigenvalue weighted by Gasteiger charge is -2.27. The molecule has 1 fully saturated rings. The van der Waals surface area contributed by atoms with Gasteiger partial charge in [0.05, 0.1) is 0 Å². The normalized spacial score (nSPS) is 26.7. The number of rotatable bonds is 11. The molecule has 0 saturated carbocycles. The summed E-state index contributed by atoms with van der Waals surface area (Å²) < 4.78 is 0. The van der Waals surface area contributed by atoms with Crippen LogP contribution in [0.25, 0.3) is 0 Å². The van der Waals surface area contributed by atoms with Crippen molar-refractivity contribution in [2.24, 2.45) is 29.2 Å². The highest BCUT2D eigenvalue weighted by molar-refractivity contribution is 4.84. The Balaban J connectivity index is 2.27. The van der Waals surface area contributed by atoms with E-state index in [0.29, 0.717) is 23.9 Å². The molecule has 0 aromatic heterocycles. The molecule has 0 aromatic rings. The Kier molecular flexibility index (Phi) is 9.49. The molecule has 1 aliphatic heterocycles. The molecule has 21 heavy (non-hydrogen) atoms. The molecule has 4 nitrogen and oxygen atoms in total. The average Bonchev–Trinajstić information content (AvgIpc) is 2.94. The SMILES string of the molecule is CCC(C)[C@H](CCCN)NCC(C)C[C@@H]1C[C@H](CN)CN1. The molecule has 1 rings (SSSR count). The Labute approximate surface area is 131 Å². The van der Waals surface area contributed by atoms with E-state index < -0.39 is 0 Å². The fourth-order valence-corrected chi connectivity index (χ4v) is 3.39. The van der Waals surface area contributed by atoms with Crippen LogP contribution < -0.4 is 22.1 Å². The van der Waals surface area contributed by atoms with Gasteiger partial charge in [0.2, 0.25) is 0 Å². The highest BCUT2D eigenvalue weighted by Gasteiger charge is 2.24. The van der Waals surface area contributed by atoms with Crippen LogP contribution in [0.2, 0.25) is 0 Å². The van der Waals surface area contributed by atoms with E-state index in [4.69, 9.17) is 11.5 Å². The summed E-state index contributed by atoms with van der Waals surface area (Å²) in [6.45, 7) is 10.8. The Hall–Kier alpha value is -0.160. The quantitative estimate of drug-likeness (QED) is 0.468. The van der Waals surface area contributed by atoms with Crippen molar-refractivity contribution in [3.05, 3.63) is 0 Å². The van der Waals surface area contributed by atoms with Crippen molar-refractivity contribution < 1.29 is 0 Å². The molecule has 0 radical (unpaired) electrons. The molecule has 4 heteroatoms. The molecule has 0 amide bonds. The molecule has 0 aliphatic carbocycles. The van der Waals surface area contributed by atoms with Gasteiger partial charge in [0, 0.05) is 12.1 Å². The van der Waals surface area contributed by atoms with Crippen LogP contribution in [-0.2, 0) is 0 Å². The van der Waals surface area contributed by atoms with Gasteiger partial charge in [-0.25, -0.2) is 0 Å². The van der Waals surface area contributed by atoms with Crippen LogP contribution in [0.4, 0.5) is 0 Å². The minimum Gasteiger partial charge on any atom is -0.330 e. The van der Waals surface area contributed by atoms with E-state index in [1.165, 1.54) is 25.7 Å². The summed E-state index contributed by atoms with van der Waals surface area (Å²) in [6, 6.07) is 1.29. The van der Waals surface area contributed by atoms with Crippen molar-refractivity contribution in [2.45, 2.75) is 65.0 Å². The van der Waals surface area contributed by atoms with Crippen molar-refractivity contribution in [2.75, 3.05) is 26.2 Å². The van der Waals surface area contributed by atoms with Crippen molar-refractivity contribution in [1.29, 1.82) is 0 Å². The first-order chi connectivity index (χ1) is 10.1. The van der Waals surface area contributed by atoms with Gasteiger partial charge in [0.1, 0.15) is 0 Å². The van der Waals surface area contributed by atoms with E-state index in [9.17, 15) is 0 Å². The lowest BCUT2D eigenvalue weighted by molar-refractivity contribution is 0.311. The van der Waals surface area contributed by atoms with Gasteiger partial charge < -0.3 is 22.1 Å². The highest BCUT2D eigenvalue weighted by atomic mass is 15.0. The summed E-state index contributed by atoms with van der Waals surface area (Å²) in [4.78, 5) is 0. The minimum atomic E-state index is 0.620. The van der Waals surface area contributed by atoms with E-state index in [1.807, 2.05) is 0 Å². The first-order valence-corrected chi connectivity index (χ1v) is 8.97. The first kappa shape index (κ1) is 18.9. The van der Waals surface area contributed by atoms with Crippen LogP contribution in [0, 0.1) is 17.8 Å². The zero-order valence-electron chi connectivity index (χ0n) is 14.4. The summed E-state index contributed by atoms with van der Waals surface area (Å²) >= 11 is 0. The van der Waals surface area contributed by atoms with Crippen molar-refractivity contribution in [3.63, 3.8) is 0 Å². The third-order valence-corrected chi connectivity index (χ3v) is 5.11.